The molecule has 1 aromatic rings. The van der Waals surface area contributed by atoms with Crippen LogP contribution in [-0.4, -0.2) is 42.9 Å². The normalized spacial score (nSPS) is 10.5. The van der Waals surface area contributed by atoms with Gasteiger partial charge in [0.2, 0.25) is 6.08 Å². The number of hydrogen-bond acceptors (Lipinski definition) is 5. The first-order valence-corrected chi connectivity index (χ1v) is 6.56. The van der Waals surface area contributed by atoms with Gasteiger partial charge in [0.05, 0.1) is 12.2 Å². The fraction of sp³-hybridized carbons (Fsp3) is 0.467. The number of likely N-dealkylation sites (N-methyl/N-ethyl adjacent to an activating group) is 1. The average molecular weight is 292 g/mol. The van der Waals surface area contributed by atoms with Gasteiger partial charge in [-0.05, 0) is 45.0 Å². The molecule has 0 unspecified atom stereocenters. The maximum Gasteiger partial charge on any atom is 0.410 e. The Labute approximate surface area is 124 Å². The first-order valence-electron chi connectivity index (χ1n) is 6.56. The third-order valence-corrected chi connectivity index (χ3v) is 2.41. The molecule has 6 nitrogen and oxygen atoms in total. The van der Waals surface area contributed by atoms with Crippen LogP contribution in [0.15, 0.2) is 29.3 Å². The van der Waals surface area contributed by atoms with Crippen LogP contribution in [-0.2, 0) is 9.53 Å². The Bertz CT molecular complexity index is 513. The molecular formula is C15H20N2O4. The zero-order chi connectivity index (χ0) is 15.9. The lowest BCUT2D eigenvalue weighted by molar-refractivity contribution is 0.0278. The molecular weight excluding hydrogens is 272 g/mol. The molecule has 0 aromatic heterocycles. The summed E-state index contributed by atoms with van der Waals surface area (Å²) in [6.45, 7) is 6.20. The smallest absolute Gasteiger partial charge is 0.410 e. The molecule has 0 aliphatic rings. The van der Waals surface area contributed by atoms with Crippen LogP contribution >= 0.6 is 0 Å². The second kappa shape index (κ2) is 7.45. The van der Waals surface area contributed by atoms with E-state index in [0.29, 0.717) is 24.6 Å². The van der Waals surface area contributed by atoms with Crippen LogP contribution in [0.5, 0.6) is 5.75 Å². The number of amides is 1. The Morgan fingerprint density at radius 1 is 1.29 bits per heavy atom. The highest BCUT2D eigenvalue weighted by Crippen LogP contribution is 2.17. The van der Waals surface area contributed by atoms with E-state index in [-0.39, 0.29) is 6.09 Å². The van der Waals surface area contributed by atoms with E-state index in [2.05, 4.69) is 4.99 Å². The van der Waals surface area contributed by atoms with Crippen molar-refractivity contribution in [3.63, 3.8) is 0 Å². The van der Waals surface area contributed by atoms with Gasteiger partial charge in [0, 0.05) is 7.05 Å². The van der Waals surface area contributed by atoms with E-state index in [4.69, 9.17) is 9.47 Å². The van der Waals surface area contributed by atoms with Gasteiger partial charge in [0.15, 0.2) is 0 Å². The maximum absolute atomic E-state index is 11.7. The van der Waals surface area contributed by atoms with Gasteiger partial charge >= 0.3 is 6.09 Å². The zero-order valence-electron chi connectivity index (χ0n) is 12.8. The van der Waals surface area contributed by atoms with Gasteiger partial charge in [-0.15, -0.1) is 0 Å². The lowest BCUT2D eigenvalue weighted by Crippen LogP contribution is -2.36. The minimum absolute atomic E-state index is 0.339. The van der Waals surface area contributed by atoms with Crippen molar-refractivity contribution in [2.45, 2.75) is 26.4 Å². The molecule has 6 heteroatoms. The Hall–Kier alpha value is -2.33. The first kappa shape index (κ1) is 16.7. The van der Waals surface area contributed by atoms with Crippen molar-refractivity contribution in [3.8, 4) is 5.75 Å². The first-order chi connectivity index (χ1) is 9.81. The van der Waals surface area contributed by atoms with Gasteiger partial charge in [-0.3, -0.25) is 0 Å². The van der Waals surface area contributed by atoms with Crippen LogP contribution in [0.4, 0.5) is 10.5 Å². The van der Waals surface area contributed by atoms with Crippen LogP contribution in [0.25, 0.3) is 0 Å². The monoisotopic (exact) mass is 292 g/mol. The molecule has 1 rings (SSSR count). The number of ether oxygens (including phenoxy) is 2. The second-order valence-electron chi connectivity index (χ2n) is 5.45. The van der Waals surface area contributed by atoms with E-state index in [1.165, 1.54) is 11.0 Å². The number of benzene rings is 1. The summed E-state index contributed by atoms with van der Waals surface area (Å²) in [5, 5.41) is 0. The van der Waals surface area contributed by atoms with Crippen LogP contribution in [0.1, 0.15) is 20.8 Å². The number of carbonyl (C=O) groups excluding carboxylic acids is 2. The van der Waals surface area contributed by atoms with Crippen LogP contribution in [0, 0.1) is 0 Å². The fourth-order valence-corrected chi connectivity index (χ4v) is 1.40. The molecule has 1 amide bonds. The zero-order valence-corrected chi connectivity index (χ0v) is 12.8. The largest absolute Gasteiger partial charge is 0.492 e. The molecule has 0 radical (unpaired) electrons. The summed E-state index contributed by atoms with van der Waals surface area (Å²) in [4.78, 5) is 26.8. The predicted octanol–water partition coefficient (Wildman–Crippen LogP) is 2.90. The lowest BCUT2D eigenvalue weighted by atomic mass is 10.2. The molecule has 0 heterocycles. The van der Waals surface area contributed by atoms with Crippen molar-refractivity contribution in [1.82, 2.24) is 4.90 Å². The summed E-state index contributed by atoms with van der Waals surface area (Å²) in [7, 11) is 1.65. The van der Waals surface area contributed by atoms with Crippen molar-refractivity contribution in [2.75, 3.05) is 20.2 Å². The molecule has 0 fully saturated rings. The Balaban J connectivity index is 2.39. The van der Waals surface area contributed by atoms with Crippen molar-refractivity contribution >= 4 is 17.9 Å². The van der Waals surface area contributed by atoms with Gasteiger partial charge in [-0.2, -0.15) is 4.99 Å². The number of hydrogen-bond donors (Lipinski definition) is 0. The number of carbonyl (C=O) groups is 1. The molecule has 0 atom stereocenters. The molecule has 0 aliphatic carbocycles. The van der Waals surface area contributed by atoms with E-state index in [0.717, 1.165) is 0 Å². The quantitative estimate of drug-likeness (QED) is 0.618. The molecule has 114 valence electrons. The highest BCUT2D eigenvalue weighted by atomic mass is 16.6. The standard InChI is InChI=1S/C15H20N2O4/c1-15(2,3)21-14(19)17(4)9-10-20-13-7-5-12(6-8-13)16-11-18/h5-8H,9-10H2,1-4H3. The Morgan fingerprint density at radius 3 is 2.43 bits per heavy atom. The number of rotatable bonds is 5. The van der Waals surface area contributed by atoms with Gasteiger partial charge < -0.3 is 14.4 Å². The molecule has 21 heavy (non-hydrogen) atoms. The second-order valence-corrected chi connectivity index (χ2v) is 5.45. The van der Waals surface area contributed by atoms with Crippen molar-refractivity contribution < 1.29 is 19.1 Å². The van der Waals surface area contributed by atoms with Crippen LogP contribution in [0.3, 0.4) is 0 Å². The van der Waals surface area contributed by atoms with Gasteiger partial charge in [0.1, 0.15) is 18.0 Å². The molecule has 1 aromatic carbocycles. The number of aliphatic imine (C=N–C) groups is 1. The topological polar surface area (TPSA) is 68.2 Å². The molecule has 0 aliphatic heterocycles. The lowest BCUT2D eigenvalue weighted by Gasteiger charge is -2.24. The van der Waals surface area contributed by atoms with Crippen molar-refractivity contribution in [1.29, 1.82) is 0 Å². The van der Waals surface area contributed by atoms with E-state index in [1.54, 1.807) is 31.3 Å². The summed E-state index contributed by atoms with van der Waals surface area (Å²) >= 11 is 0. The molecule has 0 saturated heterocycles. The van der Waals surface area contributed by atoms with Gasteiger partial charge in [0.25, 0.3) is 0 Å². The summed E-state index contributed by atoms with van der Waals surface area (Å²) in [6, 6.07) is 6.70. The van der Waals surface area contributed by atoms with E-state index >= 15 is 0 Å². The van der Waals surface area contributed by atoms with Crippen LogP contribution < -0.4 is 4.74 Å². The summed E-state index contributed by atoms with van der Waals surface area (Å²) < 4.78 is 10.7. The van der Waals surface area contributed by atoms with Crippen LogP contribution in [0.2, 0.25) is 0 Å². The third kappa shape index (κ3) is 6.58. The number of isocyanates is 1. The van der Waals surface area contributed by atoms with Crippen molar-refractivity contribution in [2.24, 2.45) is 4.99 Å². The minimum Gasteiger partial charge on any atom is -0.492 e. The average Bonchev–Trinajstić information content (AvgIpc) is 2.39. The Kier molecular flexibility index (Phi) is 5.93. The summed E-state index contributed by atoms with van der Waals surface area (Å²) in [5.41, 5.74) is 0.00411. The molecule has 0 saturated carbocycles. The number of nitrogens with zero attached hydrogens (tertiary/aromatic N) is 2. The highest BCUT2D eigenvalue weighted by molar-refractivity contribution is 5.67. The minimum atomic E-state index is -0.513. The SMILES string of the molecule is CN(CCOc1ccc(N=C=O)cc1)C(=O)OC(C)(C)C. The molecule has 0 N–H and O–H groups in total. The summed E-state index contributed by atoms with van der Waals surface area (Å²) in [5.74, 6) is 0.637. The molecule has 0 spiro atoms. The predicted molar refractivity (Wildman–Crippen MR) is 78.6 cm³/mol. The fourth-order valence-electron chi connectivity index (χ4n) is 1.40. The third-order valence-electron chi connectivity index (χ3n) is 2.41. The molecule has 0 bridgehead atoms. The Morgan fingerprint density at radius 2 is 1.90 bits per heavy atom. The van der Waals surface area contributed by atoms with Crippen molar-refractivity contribution in [3.05, 3.63) is 24.3 Å². The van der Waals surface area contributed by atoms with Gasteiger partial charge in [-0.1, -0.05) is 0 Å². The van der Waals surface area contributed by atoms with E-state index < -0.39 is 5.60 Å². The maximum atomic E-state index is 11.7. The highest BCUT2D eigenvalue weighted by Gasteiger charge is 2.19. The van der Waals surface area contributed by atoms with E-state index in [1.807, 2.05) is 20.8 Å². The van der Waals surface area contributed by atoms with E-state index in [9.17, 15) is 9.59 Å². The van der Waals surface area contributed by atoms with Gasteiger partial charge in [-0.25, -0.2) is 9.59 Å². The summed E-state index contributed by atoms with van der Waals surface area (Å²) in [6.07, 6.45) is 1.08.